The smallest absolute Gasteiger partial charge is 0.318 e. The maximum atomic E-state index is 11.7. The highest BCUT2D eigenvalue weighted by atomic mass is 32.2. The summed E-state index contributed by atoms with van der Waals surface area (Å²) in [6.45, 7) is 5.63. The third-order valence-corrected chi connectivity index (χ3v) is 4.31. The number of carbonyl (C=O) groups is 2. The Hall–Kier alpha value is -1.15. The lowest BCUT2D eigenvalue weighted by atomic mass is 10.1. The molecule has 0 spiro atoms. The normalized spacial score (nSPS) is 12.5. The topological polar surface area (TPSA) is 98.0 Å². The third-order valence-electron chi connectivity index (χ3n) is 1.85. The largest absolute Gasteiger partial charge is 0.351 e. The van der Waals surface area contributed by atoms with Gasteiger partial charge in [-0.3, -0.25) is 10.1 Å². The van der Waals surface area contributed by atoms with Crippen molar-refractivity contribution >= 4 is 35.0 Å². The Morgan fingerprint density at radius 3 is 2.47 bits per heavy atom. The molecule has 1 heterocycles. The summed E-state index contributed by atoms with van der Waals surface area (Å²) in [5.74, 6) is -0.339. The van der Waals surface area contributed by atoms with Gasteiger partial charge in [-0.15, -0.1) is 10.2 Å². The molecule has 1 aromatic rings. The van der Waals surface area contributed by atoms with Gasteiger partial charge in [0.1, 0.15) is 5.01 Å². The van der Waals surface area contributed by atoms with Crippen LogP contribution in [-0.2, 0) is 4.79 Å². The van der Waals surface area contributed by atoms with E-state index in [0.29, 0.717) is 4.34 Å². The highest BCUT2D eigenvalue weighted by molar-refractivity contribution is 8.02. The summed E-state index contributed by atoms with van der Waals surface area (Å²) >= 11 is 2.71. The van der Waals surface area contributed by atoms with Crippen molar-refractivity contribution in [1.82, 2.24) is 15.5 Å². The fraction of sp³-hybridized carbons (Fsp3) is 0.556. The lowest BCUT2D eigenvalue weighted by molar-refractivity contribution is -0.120. The summed E-state index contributed by atoms with van der Waals surface area (Å²) in [5.41, 5.74) is 4.92. The van der Waals surface area contributed by atoms with E-state index in [2.05, 4.69) is 15.5 Å². The monoisotopic (exact) mass is 274 g/mol. The minimum atomic E-state index is -0.838. The van der Waals surface area contributed by atoms with E-state index in [0.717, 1.165) is 5.01 Å². The Bertz CT molecular complexity index is 419. The predicted molar refractivity (Wildman–Crippen MR) is 66.9 cm³/mol. The maximum Gasteiger partial charge on any atom is 0.318 e. The Morgan fingerprint density at radius 1 is 1.41 bits per heavy atom. The molecule has 0 aromatic carbocycles. The number of urea groups is 1. The molecule has 0 saturated carbocycles. The van der Waals surface area contributed by atoms with Crippen molar-refractivity contribution in [1.29, 1.82) is 0 Å². The van der Waals surface area contributed by atoms with Gasteiger partial charge >= 0.3 is 6.03 Å². The Balaban J connectivity index is 2.73. The van der Waals surface area contributed by atoms with Crippen LogP contribution in [0.25, 0.3) is 0 Å². The second-order valence-electron chi connectivity index (χ2n) is 3.72. The Kier molecular flexibility index (Phi) is 4.88. The number of carbonyl (C=O) groups excluding carboxylic acids is 2. The molecule has 94 valence electrons. The zero-order chi connectivity index (χ0) is 13.0. The Morgan fingerprint density at radius 2 is 2.06 bits per heavy atom. The molecule has 0 saturated heterocycles. The van der Waals surface area contributed by atoms with E-state index in [1.165, 1.54) is 23.1 Å². The first kappa shape index (κ1) is 13.9. The molecule has 6 nitrogen and oxygen atoms in total. The second-order valence-corrected chi connectivity index (χ2v) is 6.29. The van der Waals surface area contributed by atoms with Crippen molar-refractivity contribution in [2.24, 2.45) is 11.7 Å². The van der Waals surface area contributed by atoms with Crippen molar-refractivity contribution in [2.75, 3.05) is 0 Å². The molecule has 8 heteroatoms. The number of amides is 3. The number of hydrogen-bond donors (Lipinski definition) is 2. The first-order chi connectivity index (χ1) is 7.90. The van der Waals surface area contributed by atoms with E-state index >= 15 is 0 Å². The molecule has 17 heavy (non-hydrogen) atoms. The number of nitrogens with zero attached hydrogens (tertiary/aromatic N) is 2. The van der Waals surface area contributed by atoms with Crippen LogP contribution in [0.15, 0.2) is 4.34 Å². The molecule has 1 atom stereocenters. The Labute approximate surface area is 107 Å². The van der Waals surface area contributed by atoms with Crippen LogP contribution in [0, 0.1) is 12.8 Å². The summed E-state index contributed by atoms with van der Waals surface area (Å²) < 4.78 is 0.709. The number of nitrogens with one attached hydrogen (secondary N) is 1. The number of rotatable bonds is 4. The molecule has 0 bridgehead atoms. The number of nitrogens with two attached hydrogens (primary N) is 1. The van der Waals surface area contributed by atoms with Crippen molar-refractivity contribution in [3.8, 4) is 0 Å². The minimum Gasteiger partial charge on any atom is -0.351 e. The average molecular weight is 274 g/mol. The minimum absolute atomic E-state index is 0.0588. The molecule has 3 N–H and O–H groups in total. The number of imide groups is 1. The van der Waals surface area contributed by atoms with Crippen LogP contribution < -0.4 is 11.1 Å². The molecule has 0 aliphatic heterocycles. The van der Waals surface area contributed by atoms with Crippen LogP contribution in [0.5, 0.6) is 0 Å². The van der Waals surface area contributed by atoms with E-state index in [4.69, 9.17) is 5.73 Å². The quantitative estimate of drug-likeness (QED) is 0.803. The van der Waals surface area contributed by atoms with Crippen molar-refractivity contribution in [3.05, 3.63) is 5.01 Å². The highest BCUT2D eigenvalue weighted by Crippen LogP contribution is 2.30. The van der Waals surface area contributed by atoms with E-state index in [1.54, 1.807) is 0 Å². The summed E-state index contributed by atoms with van der Waals surface area (Å²) in [6.07, 6.45) is 0. The van der Waals surface area contributed by atoms with Gasteiger partial charge in [0, 0.05) is 0 Å². The van der Waals surface area contributed by atoms with E-state index in [1.807, 2.05) is 20.8 Å². The number of hydrogen-bond acceptors (Lipinski definition) is 6. The molecule has 0 fully saturated rings. The van der Waals surface area contributed by atoms with Crippen molar-refractivity contribution in [2.45, 2.75) is 30.4 Å². The van der Waals surface area contributed by atoms with Gasteiger partial charge in [0.25, 0.3) is 0 Å². The van der Waals surface area contributed by atoms with Gasteiger partial charge in [-0.05, 0) is 12.8 Å². The number of aryl methyl sites for hydroxylation is 1. The molecule has 0 radical (unpaired) electrons. The van der Waals surface area contributed by atoms with E-state index < -0.39 is 17.2 Å². The van der Waals surface area contributed by atoms with Crippen LogP contribution in [0.2, 0.25) is 0 Å². The molecular formula is C9H14N4O2S2. The predicted octanol–water partition coefficient (Wildman–Crippen LogP) is 1.16. The van der Waals surface area contributed by atoms with Gasteiger partial charge in [-0.25, -0.2) is 4.79 Å². The number of primary amides is 1. The first-order valence-electron chi connectivity index (χ1n) is 4.97. The molecule has 0 aliphatic carbocycles. The van der Waals surface area contributed by atoms with Crippen LogP contribution in [0.3, 0.4) is 0 Å². The molecule has 1 rings (SSSR count). The summed E-state index contributed by atoms with van der Waals surface area (Å²) in [5, 5.41) is 10.3. The van der Waals surface area contributed by atoms with E-state index in [-0.39, 0.29) is 5.92 Å². The fourth-order valence-electron chi connectivity index (χ4n) is 1.12. The van der Waals surface area contributed by atoms with Gasteiger partial charge < -0.3 is 5.73 Å². The van der Waals surface area contributed by atoms with Crippen LogP contribution >= 0.6 is 23.1 Å². The molecule has 1 aromatic heterocycles. The SMILES string of the molecule is Cc1nnc(S[C@H](C(=O)NC(N)=O)C(C)C)s1. The van der Waals surface area contributed by atoms with Gasteiger partial charge in [0.15, 0.2) is 4.34 Å². The lowest BCUT2D eigenvalue weighted by Crippen LogP contribution is -2.42. The number of aromatic nitrogens is 2. The van der Waals surface area contributed by atoms with Gasteiger partial charge in [-0.1, -0.05) is 36.9 Å². The molecular weight excluding hydrogens is 260 g/mol. The van der Waals surface area contributed by atoms with Crippen LogP contribution in [0.1, 0.15) is 18.9 Å². The van der Waals surface area contributed by atoms with Crippen LogP contribution in [0.4, 0.5) is 4.79 Å². The summed E-state index contributed by atoms with van der Waals surface area (Å²) in [7, 11) is 0. The van der Waals surface area contributed by atoms with Crippen molar-refractivity contribution in [3.63, 3.8) is 0 Å². The van der Waals surface area contributed by atoms with Gasteiger partial charge in [-0.2, -0.15) is 0 Å². The van der Waals surface area contributed by atoms with Crippen molar-refractivity contribution < 1.29 is 9.59 Å². The highest BCUT2D eigenvalue weighted by Gasteiger charge is 2.25. The average Bonchev–Trinajstić information content (AvgIpc) is 2.58. The molecule has 0 aliphatic rings. The third kappa shape index (κ3) is 4.31. The standard InChI is InChI=1S/C9H14N4O2S2/c1-4(2)6(7(14)11-8(10)15)17-9-13-12-5(3)16-9/h4,6H,1-3H3,(H3,10,11,14,15)/t6-/m0/s1. The zero-order valence-corrected chi connectivity index (χ0v) is 11.4. The van der Waals surface area contributed by atoms with Gasteiger partial charge in [0.05, 0.1) is 5.25 Å². The number of thioether (sulfide) groups is 1. The fourth-order valence-corrected chi connectivity index (χ4v) is 3.14. The van der Waals surface area contributed by atoms with Crippen LogP contribution in [-0.4, -0.2) is 27.4 Å². The molecule has 3 amide bonds. The summed E-state index contributed by atoms with van der Waals surface area (Å²) in [6, 6.07) is -0.838. The maximum absolute atomic E-state index is 11.7. The second kappa shape index (κ2) is 5.97. The first-order valence-corrected chi connectivity index (χ1v) is 6.67. The summed E-state index contributed by atoms with van der Waals surface area (Å²) in [4.78, 5) is 22.4. The lowest BCUT2D eigenvalue weighted by Gasteiger charge is -2.16. The van der Waals surface area contributed by atoms with Gasteiger partial charge in [0.2, 0.25) is 5.91 Å². The molecule has 0 unspecified atom stereocenters. The zero-order valence-electron chi connectivity index (χ0n) is 9.76. The van der Waals surface area contributed by atoms with E-state index in [9.17, 15) is 9.59 Å².